The summed E-state index contributed by atoms with van der Waals surface area (Å²) >= 11 is 0. The monoisotopic (exact) mass is 233 g/mol. The van der Waals surface area contributed by atoms with Gasteiger partial charge in [0.2, 0.25) is 0 Å². The Bertz CT molecular complexity index is 419. The predicted octanol–water partition coefficient (Wildman–Crippen LogP) is 3.33. The SMILES string of the molecule is CCC(C)(C)c1ccc(OC)c(C2(N)CC2)c1. The van der Waals surface area contributed by atoms with Crippen molar-refractivity contribution < 1.29 is 4.74 Å². The molecule has 0 unspecified atom stereocenters. The van der Waals surface area contributed by atoms with Crippen LogP contribution in [0.25, 0.3) is 0 Å². The van der Waals surface area contributed by atoms with E-state index in [9.17, 15) is 0 Å². The summed E-state index contributed by atoms with van der Waals surface area (Å²) in [7, 11) is 1.72. The average molecular weight is 233 g/mol. The Morgan fingerprint density at radius 1 is 1.35 bits per heavy atom. The van der Waals surface area contributed by atoms with Gasteiger partial charge < -0.3 is 10.5 Å². The van der Waals surface area contributed by atoms with Crippen LogP contribution in [0.1, 0.15) is 51.2 Å². The van der Waals surface area contributed by atoms with E-state index in [1.54, 1.807) is 7.11 Å². The molecule has 2 N–H and O–H groups in total. The summed E-state index contributed by atoms with van der Waals surface area (Å²) < 4.78 is 5.43. The number of ether oxygens (including phenoxy) is 1. The summed E-state index contributed by atoms with van der Waals surface area (Å²) in [6.45, 7) is 6.77. The second-order valence-electron chi connectivity index (χ2n) is 5.81. The number of rotatable bonds is 4. The first kappa shape index (κ1) is 12.4. The molecule has 0 atom stereocenters. The molecule has 0 aliphatic heterocycles. The molecule has 2 rings (SSSR count). The number of methoxy groups -OCH3 is 1. The van der Waals surface area contributed by atoms with Crippen LogP contribution in [0.2, 0.25) is 0 Å². The molecule has 0 spiro atoms. The molecule has 1 aliphatic carbocycles. The Balaban J connectivity index is 2.46. The van der Waals surface area contributed by atoms with Crippen LogP contribution in [0.15, 0.2) is 18.2 Å². The van der Waals surface area contributed by atoms with E-state index in [1.165, 1.54) is 11.1 Å². The highest BCUT2D eigenvalue weighted by molar-refractivity contribution is 5.46. The fourth-order valence-electron chi connectivity index (χ4n) is 2.13. The zero-order valence-corrected chi connectivity index (χ0v) is 11.3. The second kappa shape index (κ2) is 4.02. The van der Waals surface area contributed by atoms with E-state index in [2.05, 4.69) is 39.0 Å². The lowest BCUT2D eigenvalue weighted by Crippen LogP contribution is -2.22. The number of benzene rings is 1. The second-order valence-corrected chi connectivity index (χ2v) is 5.81. The highest BCUT2D eigenvalue weighted by atomic mass is 16.5. The highest BCUT2D eigenvalue weighted by Gasteiger charge is 2.42. The van der Waals surface area contributed by atoms with E-state index >= 15 is 0 Å². The molecule has 94 valence electrons. The van der Waals surface area contributed by atoms with Gasteiger partial charge in [-0.05, 0) is 42.4 Å². The fourth-order valence-corrected chi connectivity index (χ4v) is 2.13. The number of hydrogen-bond donors (Lipinski definition) is 1. The minimum atomic E-state index is -0.134. The maximum atomic E-state index is 6.32. The Morgan fingerprint density at radius 2 is 2.00 bits per heavy atom. The third-order valence-electron chi connectivity index (χ3n) is 4.19. The van der Waals surface area contributed by atoms with Crippen molar-refractivity contribution in [3.63, 3.8) is 0 Å². The van der Waals surface area contributed by atoms with Gasteiger partial charge in [-0.1, -0.05) is 26.8 Å². The molecule has 17 heavy (non-hydrogen) atoms. The molecule has 1 aliphatic rings. The molecule has 1 aromatic rings. The van der Waals surface area contributed by atoms with Crippen LogP contribution in [-0.4, -0.2) is 7.11 Å². The van der Waals surface area contributed by atoms with Gasteiger partial charge >= 0.3 is 0 Å². The lowest BCUT2D eigenvalue weighted by molar-refractivity contribution is 0.403. The molecule has 2 heteroatoms. The van der Waals surface area contributed by atoms with Crippen LogP contribution in [0.5, 0.6) is 5.75 Å². The van der Waals surface area contributed by atoms with Crippen molar-refractivity contribution in [2.45, 2.75) is 51.0 Å². The van der Waals surface area contributed by atoms with Crippen molar-refractivity contribution in [1.82, 2.24) is 0 Å². The summed E-state index contributed by atoms with van der Waals surface area (Å²) in [4.78, 5) is 0. The molecule has 0 saturated heterocycles. The first-order valence-corrected chi connectivity index (χ1v) is 6.41. The van der Waals surface area contributed by atoms with Gasteiger partial charge in [0.05, 0.1) is 7.11 Å². The Hall–Kier alpha value is -1.02. The first-order valence-electron chi connectivity index (χ1n) is 6.41. The van der Waals surface area contributed by atoms with Gasteiger partial charge in [-0.25, -0.2) is 0 Å². The van der Waals surface area contributed by atoms with Gasteiger partial charge in [0, 0.05) is 11.1 Å². The molecule has 2 nitrogen and oxygen atoms in total. The van der Waals surface area contributed by atoms with E-state index in [0.717, 1.165) is 25.0 Å². The predicted molar refractivity (Wildman–Crippen MR) is 71.4 cm³/mol. The van der Waals surface area contributed by atoms with Crippen LogP contribution in [-0.2, 0) is 11.0 Å². The molecule has 0 aromatic heterocycles. The third-order valence-corrected chi connectivity index (χ3v) is 4.19. The van der Waals surface area contributed by atoms with E-state index < -0.39 is 0 Å². The Morgan fingerprint density at radius 3 is 2.47 bits per heavy atom. The van der Waals surface area contributed by atoms with Gasteiger partial charge in [0.1, 0.15) is 5.75 Å². The van der Waals surface area contributed by atoms with E-state index in [-0.39, 0.29) is 11.0 Å². The van der Waals surface area contributed by atoms with E-state index in [0.29, 0.717) is 0 Å². The van der Waals surface area contributed by atoms with Crippen molar-refractivity contribution in [1.29, 1.82) is 0 Å². The Kier molecular flexibility index (Phi) is 2.94. The molecule has 1 saturated carbocycles. The van der Waals surface area contributed by atoms with Crippen molar-refractivity contribution in [3.8, 4) is 5.75 Å². The molecule has 1 fully saturated rings. The van der Waals surface area contributed by atoms with Crippen LogP contribution < -0.4 is 10.5 Å². The quantitative estimate of drug-likeness (QED) is 0.865. The lowest BCUT2D eigenvalue weighted by Gasteiger charge is -2.26. The van der Waals surface area contributed by atoms with Gasteiger partial charge in [-0.3, -0.25) is 0 Å². The van der Waals surface area contributed by atoms with Crippen molar-refractivity contribution in [3.05, 3.63) is 29.3 Å². The number of hydrogen-bond acceptors (Lipinski definition) is 2. The van der Waals surface area contributed by atoms with Gasteiger partial charge in [0.25, 0.3) is 0 Å². The highest BCUT2D eigenvalue weighted by Crippen LogP contribution is 2.47. The first-order chi connectivity index (χ1) is 7.93. The zero-order valence-electron chi connectivity index (χ0n) is 11.3. The van der Waals surface area contributed by atoms with Crippen LogP contribution in [0.4, 0.5) is 0 Å². The molecule has 1 aromatic carbocycles. The third kappa shape index (κ3) is 2.19. The normalized spacial score (nSPS) is 17.9. The molecular formula is C15H23NO. The number of nitrogens with two attached hydrogens (primary N) is 1. The van der Waals surface area contributed by atoms with Crippen molar-refractivity contribution in [2.24, 2.45) is 5.73 Å². The van der Waals surface area contributed by atoms with Gasteiger partial charge in [-0.15, -0.1) is 0 Å². The molecule has 0 bridgehead atoms. The molecule has 0 amide bonds. The molecule has 0 radical (unpaired) electrons. The molecular weight excluding hydrogens is 210 g/mol. The lowest BCUT2D eigenvalue weighted by atomic mass is 9.81. The Labute approximate surface area is 104 Å². The van der Waals surface area contributed by atoms with E-state index in [1.807, 2.05) is 0 Å². The summed E-state index contributed by atoms with van der Waals surface area (Å²) in [5, 5.41) is 0. The smallest absolute Gasteiger partial charge is 0.123 e. The maximum absolute atomic E-state index is 6.32. The molecule has 0 heterocycles. The summed E-state index contributed by atoms with van der Waals surface area (Å²) in [5.74, 6) is 0.931. The summed E-state index contributed by atoms with van der Waals surface area (Å²) in [6, 6.07) is 6.47. The van der Waals surface area contributed by atoms with Crippen molar-refractivity contribution >= 4 is 0 Å². The van der Waals surface area contributed by atoms with Crippen LogP contribution >= 0.6 is 0 Å². The zero-order chi connectivity index (χ0) is 12.7. The average Bonchev–Trinajstić information content (AvgIpc) is 3.07. The van der Waals surface area contributed by atoms with Crippen LogP contribution in [0.3, 0.4) is 0 Å². The van der Waals surface area contributed by atoms with Crippen LogP contribution in [0, 0.1) is 0 Å². The van der Waals surface area contributed by atoms with Crippen molar-refractivity contribution in [2.75, 3.05) is 7.11 Å². The topological polar surface area (TPSA) is 35.2 Å². The minimum Gasteiger partial charge on any atom is -0.496 e. The summed E-state index contributed by atoms with van der Waals surface area (Å²) in [5.41, 5.74) is 8.92. The summed E-state index contributed by atoms with van der Waals surface area (Å²) in [6.07, 6.45) is 3.26. The minimum absolute atomic E-state index is 0.134. The van der Waals surface area contributed by atoms with E-state index in [4.69, 9.17) is 10.5 Å². The van der Waals surface area contributed by atoms with Gasteiger partial charge in [-0.2, -0.15) is 0 Å². The standard InChI is InChI=1S/C15H23NO/c1-5-14(2,3)11-6-7-13(17-4)12(10-11)15(16)8-9-15/h6-7,10H,5,8-9,16H2,1-4H3. The largest absolute Gasteiger partial charge is 0.496 e. The fraction of sp³-hybridized carbons (Fsp3) is 0.600. The maximum Gasteiger partial charge on any atom is 0.123 e. The van der Waals surface area contributed by atoms with Gasteiger partial charge in [0.15, 0.2) is 0 Å².